The Labute approximate surface area is 201 Å². The standard InChI is InChI=1S/C28H26.C5H12/c1-3-21(2)26-19-24-15-10-16-27(23-13-8-5-9-14-23)28(24)25(20-26)18-17-22-11-6-4-7-12-22;1-4-5(2)3/h3-16,19-20H,17-18H2,1-2H3;5H,4H2,1-3H3/b21-3+;. The summed E-state index contributed by atoms with van der Waals surface area (Å²) >= 11 is 0. The van der Waals surface area contributed by atoms with Crippen LogP contribution in [0.1, 0.15) is 57.7 Å². The molecule has 0 N–H and O–H groups in total. The molecule has 4 aromatic rings. The SMILES string of the molecule is C/C=C(\C)c1cc(CCc2ccccc2)c2c(-c3ccccc3)cccc2c1.CCC(C)C. The zero-order valence-corrected chi connectivity index (χ0v) is 20.9. The molecule has 0 atom stereocenters. The maximum atomic E-state index is 2.40. The lowest BCUT2D eigenvalue weighted by Crippen LogP contribution is -1.96. The summed E-state index contributed by atoms with van der Waals surface area (Å²) in [6.07, 6.45) is 5.59. The predicted octanol–water partition coefficient (Wildman–Crippen LogP) is 9.77. The van der Waals surface area contributed by atoms with Crippen LogP contribution in [0, 0.1) is 5.92 Å². The van der Waals surface area contributed by atoms with Crippen molar-refractivity contribution in [3.8, 4) is 11.1 Å². The molecule has 0 radical (unpaired) electrons. The number of allylic oxidation sites excluding steroid dienone is 2. The van der Waals surface area contributed by atoms with Crippen LogP contribution in [0.2, 0.25) is 0 Å². The van der Waals surface area contributed by atoms with Crippen LogP contribution in [0.15, 0.2) is 97.1 Å². The van der Waals surface area contributed by atoms with Crippen molar-refractivity contribution in [2.45, 2.75) is 53.9 Å². The third-order valence-corrected chi connectivity index (χ3v) is 6.37. The van der Waals surface area contributed by atoms with E-state index in [0.29, 0.717) is 0 Å². The fraction of sp³-hybridized carbons (Fsp3) is 0.273. The molecule has 4 rings (SSSR count). The van der Waals surface area contributed by atoms with E-state index >= 15 is 0 Å². The normalized spacial score (nSPS) is 11.4. The first-order chi connectivity index (χ1) is 16.0. The largest absolute Gasteiger partial charge is 0.0841 e. The molecule has 0 saturated carbocycles. The number of aryl methyl sites for hydroxylation is 2. The molecular weight excluding hydrogens is 396 g/mol. The number of hydrogen-bond donors (Lipinski definition) is 0. The third-order valence-electron chi connectivity index (χ3n) is 6.37. The number of benzene rings is 4. The molecule has 0 spiro atoms. The highest BCUT2D eigenvalue weighted by Crippen LogP contribution is 2.34. The minimum atomic E-state index is 0.884. The van der Waals surface area contributed by atoms with E-state index in [0.717, 1.165) is 18.8 Å². The van der Waals surface area contributed by atoms with E-state index in [4.69, 9.17) is 0 Å². The van der Waals surface area contributed by atoms with Gasteiger partial charge in [0.2, 0.25) is 0 Å². The molecule has 0 saturated heterocycles. The van der Waals surface area contributed by atoms with Crippen molar-refractivity contribution in [3.63, 3.8) is 0 Å². The molecule has 170 valence electrons. The van der Waals surface area contributed by atoms with Gasteiger partial charge in [-0.05, 0) is 82.8 Å². The minimum Gasteiger partial charge on any atom is -0.0841 e. The highest BCUT2D eigenvalue weighted by atomic mass is 14.2. The molecule has 0 unspecified atom stereocenters. The molecule has 0 nitrogen and oxygen atoms in total. The monoisotopic (exact) mass is 434 g/mol. The number of hydrogen-bond acceptors (Lipinski definition) is 0. The summed E-state index contributed by atoms with van der Waals surface area (Å²) < 4.78 is 0. The van der Waals surface area contributed by atoms with Crippen LogP contribution < -0.4 is 0 Å². The van der Waals surface area contributed by atoms with Crippen molar-refractivity contribution < 1.29 is 0 Å². The highest BCUT2D eigenvalue weighted by Gasteiger charge is 2.11. The Hall–Kier alpha value is -3.12. The van der Waals surface area contributed by atoms with Gasteiger partial charge in [-0.2, -0.15) is 0 Å². The summed E-state index contributed by atoms with van der Waals surface area (Å²) in [5.74, 6) is 0.884. The van der Waals surface area contributed by atoms with E-state index in [1.807, 2.05) is 0 Å². The molecule has 33 heavy (non-hydrogen) atoms. The van der Waals surface area contributed by atoms with Crippen LogP contribution in [0.25, 0.3) is 27.5 Å². The van der Waals surface area contributed by atoms with Crippen molar-refractivity contribution in [2.24, 2.45) is 5.92 Å². The maximum absolute atomic E-state index is 2.40. The van der Waals surface area contributed by atoms with Gasteiger partial charge in [0.25, 0.3) is 0 Å². The van der Waals surface area contributed by atoms with Gasteiger partial charge in [-0.15, -0.1) is 0 Å². The molecule has 0 bridgehead atoms. The van der Waals surface area contributed by atoms with Gasteiger partial charge in [-0.25, -0.2) is 0 Å². The van der Waals surface area contributed by atoms with E-state index in [1.165, 1.54) is 50.6 Å². The van der Waals surface area contributed by atoms with Gasteiger partial charge < -0.3 is 0 Å². The quantitative estimate of drug-likeness (QED) is 0.283. The molecule has 0 heterocycles. The average Bonchev–Trinajstić information content (AvgIpc) is 2.87. The minimum absolute atomic E-state index is 0.884. The van der Waals surface area contributed by atoms with Crippen LogP contribution in [0.4, 0.5) is 0 Å². The van der Waals surface area contributed by atoms with Crippen LogP contribution in [0.3, 0.4) is 0 Å². The fourth-order valence-electron chi connectivity index (χ4n) is 3.89. The first-order valence-electron chi connectivity index (χ1n) is 12.3. The molecule has 0 fully saturated rings. The average molecular weight is 435 g/mol. The molecule has 0 aromatic heterocycles. The smallest absolute Gasteiger partial charge is 0.00728 e. The first-order valence-corrected chi connectivity index (χ1v) is 12.3. The highest BCUT2D eigenvalue weighted by molar-refractivity contribution is 6.00. The Kier molecular flexibility index (Phi) is 9.07. The summed E-state index contributed by atoms with van der Waals surface area (Å²) in [5, 5.41) is 2.71. The Morgan fingerprint density at radius 2 is 1.42 bits per heavy atom. The van der Waals surface area contributed by atoms with E-state index in [9.17, 15) is 0 Å². The first kappa shape index (κ1) is 24.5. The van der Waals surface area contributed by atoms with Gasteiger partial charge in [0, 0.05) is 0 Å². The molecular formula is C33H38. The molecule has 0 aliphatic carbocycles. The Balaban J connectivity index is 0.000000555. The van der Waals surface area contributed by atoms with Crippen molar-refractivity contribution in [1.82, 2.24) is 0 Å². The summed E-state index contributed by atoms with van der Waals surface area (Å²) in [5.41, 5.74) is 8.07. The van der Waals surface area contributed by atoms with Crippen molar-refractivity contribution in [3.05, 3.63) is 114 Å². The number of rotatable bonds is 6. The molecule has 0 amide bonds. The lowest BCUT2D eigenvalue weighted by Gasteiger charge is -2.15. The van der Waals surface area contributed by atoms with Crippen LogP contribution in [-0.4, -0.2) is 0 Å². The lowest BCUT2D eigenvalue weighted by molar-refractivity contribution is 0.626. The zero-order chi connectivity index (χ0) is 23.6. The molecule has 0 aliphatic rings. The molecule has 4 aromatic carbocycles. The Morgan fingerprint density at radius 1 is 0.788 bits per heavy atom. The van der Waals surface area contributed by atoms with Crippen molar-refractivity contribution in [1.29, 1.82) is 0 Å². The van der Waals surface area contributed by atoms with E-state index in [2.05, 4.69) is 132 Å². The lowest BCUT2D eigenvalue weighted by atomic mass is 9.89. The Morgan fingerprint density at radius 3 is 2.03 bits per heavy atom. The zero-order valence-electron chi connectivity index (χ0n) is 20.9. The topological polar surface area (TPSA) is 0 Å². The number of fused-ring (bicyclic) bond motifs is 1. The predicted molar refractivity (Wildman–Crippen MR) is 148 cm³/mol. The van der Waals surface area contributed by atoms with Gasteiger partial charge in [0.05, 0.1) is 0 Å². The molecule has 0 aliphatic heterocycles. The third kappa shape index (κ3) is 6.68. The van der Waals surface area contributed by atoms with E-state index < -0.39 is 0 Å². The fourth-order valence-corrected chi connectivity index (χ4v) is 3.89. The maximum Gasteiger partial charge on any atom is -0.00728 e. The summed E-state index contributed by atoms with van der Waals surface area (Å²) in [7, 11) is 0. The van der Waals surface area contributed by atoms with Crippen LogP contribution in [-0.2, 0) is 12.8 Å². The van der Waals surface area contributed by atoms with Crippen molar-refractivity contribution in [2.75, 3.05) is 0 Å². The van der Waals surface area contributed by atoms with Crippen LogP contribution in [0.5, 0.6) is 0 Å². The van der Waals surface area contributed by atoms with Gasteiger partial charge in [-0.1, -0.05) is 118 Å². The molecule has 0 heteroatoms. The van der Waals surface area contributed by atoms with E-state index in [-0.39, 0.29) is 0 Å². The Bertz CT molecular complexity index is 1160. The van der Waals surface area contributed by atoms with Gasteiger partial charge >= 0.3 is 0 Å². The van der Waals surface area contributed by atoms with Gasteiger partial charge in [0.1, 0.15) is 0 Å². The van der Waals surface area contributed by atoms with Crippen molar-refractivity contribution >= 4 is 16.3 Å². The summed E-state index contributed by atoms with van der Waals surface area (Å²) in [6, 6.07) is 33.0. The van der Waals surface area contributed by atoms with E-state index in [1.54, 1.807) is 0 Å². The summed E-state index contributed by atoms with van der Waals surface area (Å²) in [4.78, 5) is 0. The van der Waals surface area contributed by atoms with Gasteiger partial charge in [0.15, 0.2) is 0 Å². The second-order valence-electron chi connectivity index (χ2n) is 9.16. The van der Waals surface area contributed by atoms with Gasteiger partial charge in [-0.3, -0.25) is 0 Å². The van der Waals surface area contributed by atoms with Crippen LogP contribution >= 0.6 is 0 Å². The summed E-state index contributed by atoms with van der Waals surface area (Å²) in [6.45, 7) is 11.0. The second kappa shape index (κ2) is 12.2. The second-order valence-corrected chi connectivity index (χ2v) is 9.16.